The molecule has 7 nitrogen and oxygen atoms in total. The minimum absolute atomic E-state index is 0. The van der Waals surface area contributed by atoms with Crippen molar-refractivity contribution in [2.24, 2.45) is 0 Å². The van der Waals surface area contributed by atoms with E-state index in [1.165, 1.54) is 0 Å². The first-order valence-corrected chi connectivity index (χ1v) is 11.8. The maximum Gasteiger partial charge on any atom is 0.214 e. The van der Waals surface area contributed by atoms with Crippen molar-refractivity contribution in [3.8, 4) is 17.2 Å². The number of methoxy groups -OCH3 is 1. The normalized spacial score (nSPS) is 10.5. The second kappa shape index (κ2) is 13.2. The lowest BCUT2D eigenvalue weighted by atomic mass is 10.2. The van der Waals surface area contributed by atoms with Crippen molar-refractivity contribution in [3.63, 3.8) is 0 Å². The molecule has 0 radical (unpaired) electrons. The number of nitrogens with one attached hydrogen (secondary N) is 1. The second-order valence-electron chi connectivity index (χ2n) is 7.14. The van der Waals surface area contributed by atoms with E-state index in [4.69, 9.17) is 21.1 Å². The number of thioether (sulfide) groups is 1. The number of nitrogens with zero attached hydrogens (tertiary/aromatic N) is 4. The number of hydrogen-bond donors (Lipinski definition) is 1. The molecule has 0 saturated carbocycles. The highest BCUT2D eigenvalue weighted by Crippen LogP contribution is 2.29. The van der Waals surface area contributed by atoms with Crippen LogP contribution in [0.4, 0.5) is 0 Å². The van der Waals surface area contributed by atoms with Gasteiger partial charge in [-0.15, -0.1) is 17.5 Å². The van der Waals surface area contributed by atoms with Crippen LogP contribution < -0.4 is 14.8 Å². The first-order valence-electron chi connectivity index (χ1n) is 10.4. The van der Waals surface area contributed by atoms with E-state index in [1.807, 2.05) is 72.8 Å². The molecular weight excluding hydrogens is 493 g/mol. The van der Waals surface area contributed by atoms with Gasteiger partial charge in [0.05, 0.1) is 12.8 Å². The van der Waals surface area contributed by atoms with Gasteiger partial charge in [-0.05, 0) is 58.0 Å². The summed E-state index contributed by atoms with van der Waals surface area (Å²) in [7, 11) is 1.65. The maximum atomic E-state index is 6.04. The predicted octanol–water partition coefficient (Wildman–Crippen LogP) is 5.21. The molecule has 3 aromatic carbocycles. The summed E-state index contributed by atoms with van der Waals surface area (Å²) in [6, 6.07) is 23.4. The average molecular weight is 518 g/mol. The van der Waals surface area contributed by atoms with Crippen molar-refractivity contribution < 1.29 is 9.47 Å². The van der Waals surface area contributed by atoms with E-state index in [0.717, 1.165) is 40.8 Å². The Balaban J connectivity index is 0.00000324. The first-order chi connectivity index (χ1) is 16.2. The van der Waals surface area contributed by atoms with Gasteiger partial charge in [0.1, 0.15) is 6.61 Å². The van der Waals surface area contributed by atoms with E-state index in [9.17, 15) is 0 Å². The molecule has 0 saturated heterocycles. The van der Waals surface area contributed by atoms with Gasteiger partial charge in [-0.2, -0.15) is 4.68 Å². The van der Waals surface area contributed by atoms with Crippen LogP contribution in [0.1, 0.15) is 11.1 Å². The van der Waals surface area contributed by atoms with Crippen LogP contribution in [0.5, 0.6) is 11.5 Å². The van der Waals surface area contributed by atoms with Crippen LogP contribution in [0.15, 0.2) is 78.0 Å². The summed E-state index contributed by atoms with van der Waals surface area (Å²) in [4.78, 5) is 0. The fourth-order valence-corrected chi connectivity index (χ4v) is 4.18. The number of rotatable bonds is 11. The molecule has 0 atom stereocenters. The first kappa shape index (κ1) is 25.8. The fourth-order valence-electron chi connectivity index (χ4n) is 3.18. The number of ether oxygens (including phenoxy) is 2. The van der Waals surface area contributed by atoms with Gasteiger partial charge in [-0.25, -0.2) is 0 Å². The standard InChI is InChI=1S/C24H24ClN5O2S.ClH/c1-31-23-15-18(10-11-22(23)32-17-19-6-5-7-20(25)14-19)16-26-12-13-33-24-27-28-29-30(24)21-8-3-2-4-9-21;/h2-11,14-15,26H,12-13,16-17H2,1H3;1H. The summed E-state index contributed by atoms with van der Waals surface area (Å²) >= 11 is 7.65. The second-order valence-corrected chi connectivity index (χ2v) is 8.64. The Morgan fingerprint density at radius 3 is 2.62 bits per heavy atom. The number of para-hydroxylation sites is 1. The number of aromatic nitrogens is 4. The van der Waals surface area contributed by atoms with Crippen molar-refractivity contribution in [1.29, 1.82) is 0 Å². The molecular formula is C24H25Cl2N5O2S. The summed E-state index contributed by atoms with van der Waals surface area (Å²) in [5, 5.41) is 16.9. The minimum Gasteiger partial charge on any atom is -0.493 e. The highest BCUT2D eigenvalue weighted by Gasteiger charge is 2.09. The maximum absolute atomic E-state index is 6.04. The van der Waals surface area contributed by atoms with Crippen LogP contribution in [0.2, 0.25) is 5.02 Å². The summed E-state index contributed by atoms with van der Waals surface area (Å²) in [5.41, 5.74) is 3.06. The van der Waals surface area contributed by atoms with E-state index in [1.54, 1.807) is 23.6 Å². The molecule has 1 aromatic heterocycles. The van der Waals surface area contributed by atoms with Gasteiger partial charge in [-0.3, -0.25) is 0 Å². The molecule has 0 fully saturated rings. The molecule has 1 N–H and O–H groups in total. The Kier molecular flexibility index (Phi) is 10.0. The third-order valence-electron chi connectivity index (χ3n) is 4.79. The van der Waals surface area contributed by atoms with E-state index in [2.05, 4.69) is 20.8 Å². The quantitative estimate of drug-likeness (QED) is 0.216. The SMILES string of the molecule is COc1cc(CNCCSc2nnnn2-c2ccccc2)ccc1OCc1cccc(Cl)c1.Cl. The van der Waals surface area contributed by atoms with E-state index in [-0.39, 0.29) is 12.4 Å². The molecule has 10 heteroatoms. The largest absolute Gasteiger partial charge is 0.493 e. The fraction of sp³-hybridized carbons (Fsp3) is 0.208. The van der Waals surface area contributed by atoms with Crippen molar-refractivity contribution in [2.75, 3.05) is 19.4 Å². The Labute approximate surface area is 214 Å². The van der Waals surface area contributed by atoms with Crippen LogP contribution in [0.3, 0.4) is 0 Å². The summed E-state index contributed by atoms with van der Waals surface area (Å²) in [6.45, 7) is 1.95. The van der Waals surface area contributed by atoms with E-state index >= 15 is 0 Å². The molecule has 0 spiro atoms. The molecule has 0 aliphatic carbocycles. The molecule has 178 valence electrons. The summed E-state index contributed by atoms with van der Waals surface area (Å²) in [6.07, 6.45) is 0. The van der Waals surface area contributed by atoms with Crippen LogP contribution in [-0.2, 0) is 13.2 Å². The molecule has 0 bridgehead atoms. The zero-order valence-corrected chi connectivity index (χ0v) is 20.9. The average Bonchev–Trinajstić information content (AvgIpc) is 3.32. The zero-order valence-electron chi connectivity index (χ0n) is 18.6. The monoisotopic (exact) mass is 517 g/mol. The molecule has 4 rings (SSSR count). The number of halogens is 2. The molecule has 1 heterocycles. The zero-order chi connectivity index (χ0) is 22.9. The Hall–Kier alpha value is -2.78. The topological polar surface area (TPSA) is 74.1 Å². The van der Waals surface area contributed by atoms with Crippen molar-refractivity contribution in [2.45, 2.75) is 18.3 Å². The van der Waals surface area contributed by atoms with Gasteiger partial charge in [0, 0.05) is 23.9 Å². The van der Waals surface area contributed by atoms with E-state index in [0.29, 0.717) is 23.1 Å². The van der Waals surface area contributed by atoms with Gasteiger partial charge >= 0.3 is 0 Å². The highest BCUT2D eigenvalue weighted by molar-refractivity contribution is 7.99. The third-order valence-corrected chi connectivity index (χ3v) is 5.95. The number of tetrazole rings is 1. The molecule has 34 heavy (non-hydrogen) atoms. The van der Waals surface area contributed by atoms with Crippen molar-refractivity contribution in [1.82, 2.24) is 25.5 Å². The Morgan fingerprint density at radius 1 is 0.971 bits per heavy atom. The van der Waals surface area contributed by atoms with Gasteiger partial charge in [-0.1, -0.05) is 59.8 Å². The highest BCUT2D eigenvalue weighted by atomic mass is 35.5. The smallest absolute Gasteiger partial charge is 0.214 e. The number of benzene rings is 3. The molecule has 0 aliphatic rings. The van der Waals surface area contributed by atoms with Gasteiger partial charge < -0.3 is 14.8 Å². The lowest BCUT2D eigenvalue weighted by Crippen LogP contribution is -2.17. The third kappa shape index (κ3) is 7.11. The van der Waals surface area contributed by atoms with Gasteiger partial charge in [0.2, 0.25) is 5.16 Å². The van der Waals surface area contributed by atoms with Gasteiger partial charge in [0.15, 0.2) is 11.5 Å². The van der Waals surface area contributed by atoms with Crippen LogP contribution in [0, 0.1) is 0 Å². The predicted molar refractivity (Wildman–Crippen MR) is 138 cm³/mol. The van der Waals surface area contributed by atoms with Gasteiger partial charge in [0.25, 0.3) is 0 Å². The van der Waals surface area contributed by atoms with Crippen LogP contribution >= 0.6 is 35.8 Å². The Bertz CT molecular complexity index is 1180. The molecule has 4 aromatic rings. The van der Waals surface area contributed by atoms with Crippen molar-refractivity contribution in [3.05, 3.63) is 88.9 Å². The van der Waals surface area contributed by atoms with Crippen LogP contribution in [-0.4, -0.2) is 39.6 Å². The van der Waals surface area contributed by atoms with Crippen LogP contribution in [0.25, 0.3) is 5.69 Å². The molecule has 0 unspecified atom stereocenters. The summed E-state index contributed by atoms with van der Waals surface area (Å²) in [5.74, 6) is 2.24. The summed E-state index contributed by atoms with van der Waals surface area (Å²) < 4.78 is 13.2. The molecule has 0 amide bonds. The van der Waals surface area contributed by atoms with E-state index < -0.39 is 0 Å². The lowest BCUT2D eigenvalue weighted by molar-refractivity contribution is 0.284. The van der Waals surface area contributed by atoms with Crippen molar-refractivity contribution >= 4 is 35.8 Å². The minimum atomic E-state index is 0. The number of hydrogen-bond acceptors (Lipinski definition) is 7. The lowest BCUT2D eigenvalue weighted by Gasteiger charge is -2.13. The Morgan fingerprint density at radius 2 is 1.82 bits per heavy atom. The molecule has 0 aliphatic heterocycles.